The number of nitrogens with one attached hydrogen (secondary N) is 1. The van der Waals surface area contributed by atoms with E-state index >= 15 is 0 Å². The minimum Gasteiger partial charge on any atom is -0.490 e. The molecule has 1 aromatic heterocycles. The second-order valence-corrected chi connectivity index (χ2v) is 9.39. The van der Waals surface area contributed by atoms with E-state index in [4.69, 9.17) is 4.74 Å². The molecule has 168 valence electrons. The molecule has 0 aliphatic carbocycles. The molecule has 7 heteroatoms. The molecular formula is C25H28FN3O2S. The zero-order valence-corrected chi connectivity index (χ0v) is 18.9. The number of nitrogens with zero attached hydrogens (tertiary/aromatic N) is 2. The summed E-state index contributed by atoms with van der Waals surface area (Å²) < 4.78 is 21.3. The molecule has 3 heterocycles. The third kappa shape index (κ3) is 4.45. The number of carbonyl (C=O) groups excluding carboxylic acids is 1. The smallest absolute Gasteiger partial charge is 0.251 e. The first-order chi connectivity index (χ1) is 15.7. The highest BCUT2D eigenvalue weighted by molar-refractivity contribution is 7.17. The first kappa shape index (κ1) is 21.2. The normalized spacial score (nSPS) is 16.8. The molecule has 0 radical (unpaired) electrons. The largest absolute Gasteiger partial charge is 0.490 e. The Labute approximate surface area is 191 Å². The fraction of sp³-hybridized carbons (Fsp3) is 0.400. The summed E-state index contributed by atoms with van der Waals surface area (Å²) in [5, 5.41) is 6.31. The van der Waals surface area contributed by atoms with Gasteiger partial charge in [-0.3, -0.25) is 9.69 Å². The van der Waals surface area contributed by atoms with Crippen molar-refractivity contribution in [3.05, 3.63) is 58.7 Å². The maximum atomic E-state index is 14.3. The Kier molecular flexibility index (Phi) is 6.28. The number of fused-ring (bicyclic) bond motifs is 2. The first-order valence-corrected chi connectivity index (χ1v) is 12.2. The molecule has 32 heavy (non-hydrogen) atoms. The first-order valence-electron chi connectivity index (χ1n) is 11.4. The van der Waals surface area contributed by atoms with Gasteiger partial charge < -0.3 is 15.0 Å². The molecule has 2 aromatic carbocycles. The van der Waals surface area contributed by atoms with Gasteiger partial charge in [-0.25, -0.2) is 4.39 Å². The summed E-state index contributed by atoms with van der Waals surface area (Å²) in [6, 6.07) is 11.8. The Morgan fingerprint density at radius 1 is 1.09 bits per heavy atom. The minimum atomic E-state index is -0.379. The standard InChI is InChI=1S/C25H28FN3O2S/c26-21-16-18-6-8-27-25(30)20(18)17-23(21)31-14-2-1-9-28-10-12-29(13-11-28)22-4-3-5-24-19(22)7-15-32-24/h3-5,7,15-17H,1-2,6,8-14H2,(H,27,30). The van der Waals surface area contributed by atoms with Crippen LogP contribution >= 0.6 is 11.3 Å². The summed E-state index contributed by atoms with van der Waals surface area (Å²) in [6.45, 7) is 6.21. The molecule has 3 aromatic rings. The van der Waals surface area contributed by atoms with Crippen LogP contribution in [0, 0.1) is 5.82 Å². The van der Waals surface area contributed by atoms with Gasteiger partial charge in [-0.05, 0) is 67.1 Å². The Hall–Kier alpha value is -2.64. The van der Waals surface area contributed by atoms with Crippen molar-refractivity contribution >= 4 is 33.0 Å². The lowest BCUT2D eigenvalue weighted by atomic mass is 10.00. The number of unbranched alkanes of at least 4 members (excludes halogenated alkanes) is 1. The van der Waals surface area contributed by atoms with E-state index in [1.54, 1.807) is 17.4 Å². The quantitative estimate of drug-likeness (QED) is 0.542. The number of carbonyl (C=O) groups is 1. The number of ether oxygens (including phenoxy) is 1. The van der Waals surface area contributed by atoms with Crippen LogP contribution in [0.5, 0.6) is 5.75 Å². The number of amides is 1. The number of benzene rings is 2. The minimum absolute atomic E-state index is 0.148. The van der Waals surface area contributed by atoms with Crippen molar-refractivity contribution in [1.29, 1.82) is 0 Å². The van der Waals surface area contributed by atoms with Crippen LogP contribution in [-0.2, 0) is 6.42 Å². The van der Waals surface area contributed by atoms with Gasteiger partial charge in [0.2, 0.25) is 0 Å². The highest BCUT2D eigenvalue weighted by Gasteiger charge is 2.21. The van der Waals surface area contributed by atoms with Gasteiger partial charge in [-0.15, -0.1) is 11.3 Å². The predicted octanol–water partition coefficient (Wildman–Crippen LogP) is 4.31. The van der Waals surface area contributed by atoms with Crippen molar-refractivity contribution < 1.29 is 13.9 Å². The number of anilines is 1. The van der Waals surface area contributed by atoms with Gasteiger partial charge in [-0.2, -0.15) is 0 Å². The van der Waals surface area contributed by atoms with E-state index in [0.29, 0.717) is 25.1 Å². The molecule has 2 aliphatic rings. The van der Waals surface area contributed by atoms with Gasteiger partial charge >= 0.3 is 0 Å². The Morgan fingerprint density at radius 3 is 2.84 bits per heavy atom. The van der Waals surface area contributed by atoms with Crippen LogP contribution in [0.2, 0.25) is 0 Å². The summed E-state index contributed by atoms with van der Waals surface area (Å²) in [5.74, 6) is -0.349. The lowest BCUT2D eigenvalue weighted by molar-refractivity contribution is 0.0945. The predicted molar refractivity (Wildman–Crippen MR) is 128 cm³/mol. The van der Waals surface area contributed by atoms with E-state index in [0.717, 1.165) is 51.1 Å². The van der Waals surface area contributed by atoms with Gasteiger partial charge in [0.1, 0.15) is 0 Å². The molecule has 0 unspecified atom stereocenters. The van der Waals surface area contributed by atoms with Crippen LogP contribution in [-0.4, -0.2) is 56.7 Å². The zero-order chi connectivity index (χ0) is 21.9. The van der Waals surface area contributed by atoms with Crippen LogP contribution in [0.15, 0.2) is 41.8 Å². The topological polar surface area (TPSA) is 44.8 Å². The molecule has 2 aliphatic heterocycles. The second-order valence-electron chi connectivity index (χ2n) is 8.44. The number of rotatable bonds is 7. The Morgan fingerprint density at radius 2 is 1.97 bits per heavy atom. The maximum absolute atomic E-state index is 14.3. The summed E-state index contributed by atoms with van der Waals surface area (Å²) in [4.78, 5) is 17.0. The summed E-state index contributed by atoms with van der Waals surface area (Å²) >= 11 is 1.80. The lowest BCUT2D eigenvalue weighted by Gasteiger charge is -2.36. The average molecular weight is 454 g/mol. The molecule has 1 amide bonds. The third-order valence-electron chi connectivity index (χ3n) is 6.39. The number of hydrogen-bond donors (Lipinski definition) is 1. The molecule has 0 saturated carbocycles. The van der Waals surface area contributed by atoms with E-state index in [1.807, 2.05) is 0 Å². The van der Waals surface area contributed by atoms with Crippen LogP contribution in [0.4, 0.5) is 10.1 Å². The molecule has 5 nitrogen and oxygen atoms in total. The van der Waals surface area contributed by atoms with Gasteiger partial charge in [0.15, 0.2) is 11.6 Å². The molecule has 1 fully saturated rings. The Balaban J connectivity index is 1.06. The van der Waals surface area contributed by atoms with Crippen molar-refractivity contribution in [1.82, 2.24) is 10.2 Å². The van der Waals surface area contributed by atoms with E-state index in [1.165, 1.54) is 21.8 Å². The monoisotopic (exact) mass is 453 g/mol. The molecule has 1 saturated heterocycles. The van der Waals surface area contributed by atoms with Gasteiger partial charge in [0.25, 0.3) is 5.91 Å². The number of halogens is 1. The average Bonchev–Trinajstić information content (AvgIpc) is 3.29. The number of hydrogen-bond acceptors (Lipinski definition) is 5. The fourth-order valence-electron chi connectivity index (χ4n) is 4.62. The van der Waals surface area contributed by atoms with Crippen LogP contribution < -0.4 is 15.0 Å². The van der Waals surface area contributed by atoms with Crippen molar-refractivity contribution in [2.45, 2.75) is 19.3 Å². The van der Waals surface area contributed by atoms with Gasteiger partial charge in [0.05, 0.1) is 6.61 Å². The molecule has 0 spiro atoms. The van der Waals surface area contributed by atoms with Crippen molar-refractivity contribution in [3.63, 3.8) is 0 Å². The summed E-state index contributed by atoms with van der Waals surface area (Å²) in [6.07, 6.45) is 2.53. The van der Waals surface area contributed by atoms with E-state index in [-0.39, 0.29) is 17.5 Å². The lowest BCUT2D eigenvalue weighted by Crippen LogP contribution is -2.46. The number of thiophene rings is 1. The molecule has 1 N–H and O–H groups in total. The van der Waals surface area contributed by atoms with E-state index in [2.05, 4.69) is 44.8 Å². The zero-order valence-electron chi connectivity index (χ0n) is 18.1. The van der Waals surface area contributed by atoms with Gasteiger partial charge in [-0.1, -0.05) is 6.07 Å². The maximum Gasteiger partial charge on any atom is 0.251 e. The second kappa shape index (κ2) is 9.46. The summed E-state index contributed by atoms with van der Waals surface area (Å²) in [5.41, 5.74) is 2.63. The SMILES string of the molecule is O=C1NCCc2cc(F)c(OCCCCN3CCN(c4cccc5sccc45)CC3)cc21. The highest BCUT2D eigenvalue weighted by Crippen LogP contribution is 2.31. The summed E-state index contributed by atoms with van der Waals surface area (Å²) in [7, 11) is 0. The fourth-order valence-corrected chi connectivity index (χ4v) is 5.42. The molecule has 5 rings (SSSR count). The van der Waals surface area contributed by atoms with E-state index < -0.39 is 0 Å². The van der Waals surface area contributed by atoms with Crippen molar-refractivity contribution in [2.75, 3.05) is 50.8 Å². The number of piperazine rings is 1. The molecule has 0 atom stereocenters. The van der Waals surface area contributed by atoms with Crippen LogP contribution in [0.25, 0.3) is 10.1 Å². The van der Waals surface area contributed by atoms with Gasteiger partial charge in [0, 0.05) is 54.1 Å². The molecule has 0 bridgehead atoms. The third-order valence-corrected chi connectivity index (χ3v) is 7.28. The van der Waals surface area contributed by atoms with E-state index in [9.17, 15) is 9.18 Å². The Bertz CT molecular complexity index is 1110. The van der Waals surface area contributed by atoms with Crippen LogP contribution in [0.1, 0.15) is 28.8 Å². The van der Waals surface area contributed by atoms with Crippen LogP contribution in [0.3, 0.4) is 0 Å². The highest BCUT2D eigenvalue weighted by atomic mass is 32.1. The van der Waals surface area contributed by atoms with Crippen molar-refractivity contribution in [3.8, 4) is 5.75 Å². The molecular weight excluding hydrogens is 425 g/mol. The van der Waals surface area contributed by atoms with Crippen molar-refractivity contribution in [2.24, 2.45) is 0 Å².